The van der Waals surface area contributed by atoms with Crippen LogP contribution in [0.5, 0.6) is 0 Å². The van der Waals surface area contributed by atoms with E-state index in [0.29, 0.717) is 6.61 Å². The van der Waals surface area contributed by atoms with Gasteiger partial charge in [0, 0.05) is 13.7 Å². The normalized spacial score (nSPS) is 29.0. The standard InChI is InChI=1S/C12H24O9S2/c1-5-6-7-18-10-9(8-19-22(3,13)14)20-12(17-2)11(10)21-23(4,15)16/h9-12H,5-8H2,1-4H3/t9-,10+,11-,12-/m1/s1. The molecule has 9 nitrogen and oxygen atoms in total. The predicted octanol–water partition coefficient (Wildman–Crippen LogP) is -0.136. The summed E-state index contributed by atoms with van der Waals surface area (Å²) in [6.45, 7) is 2.00. The van der Waals surface area contributed by atoms with Gasteiger partial charge in [0.2, 0.25) is 0 Å². The molecular formula is C12H24O9S2. The van der Waals surface area contributed by atoms with Gasteiger partial charge < -0.3 is 14.2 Å². The van der Waals surface area contributed by atoms with Crippen LogP contribution in [0.2, 0.25) is 0 Å². The Labute approximate surface area is 137 Å². The molecule has 0 spiro atoms. The van der Waals surface area contributed by atoms with Crippen LogP contribution in [-0.4, -0.2) is 74.3 Å². The fourth-order valence-electron chi connectivity index (χ4n) is 2.08. The summed E-state index contributed by atoms with van der Waals surface area (Å²) in [7, 11) is -6.13. The first kappa shape index (κ1) is 20.7. The molecule has 0 aromatic carbocycles. The SMILES string of the molecule is CCCCO[C@@H]1[C@@H](OS(C)(=O)=O)[C@H](OC)O[C@@H]1COS(C)(=O)=O. The summed E-state index contributed by atoms with van der Waals surface area (Å²) in [5.74, 6) is 0. The predicted molar refractivity (Wildman–Crippen MR) is 80.8 cm³/mol. The Bertz CT molecular complexity index is 557. The van der Waals surface area contributed by atoms with E-state index in [1.54, 1.807) is 0 Å². The monoisotopic (exact) mass is 376 g/mol. The molecule has 0 saturated carbocycles. The smallest absolute Gasteiger partial charge is 0.264 e. The van der Waals surface area contributed by atoms with Gasteiger partial charge in [-0.05, 0) is 6.42 Å². The highest BCUT2D eigenvalue weighted by Crippen LogP contribution is 2.29. The molecule has 1 aliphatic rings. The number of unbranched alkanes of at least 4 members (excludes halogenated alkanes) is 1. The van der Waals surface area contributed by atoms with E-state index in [-0.39, 0.29) is 6.61 Å². The van der Waals surface area contributed by atoms with E-state index < -0.39 is 44.8 Å². The van der Waals surface area contributed by atoms with E-state index in [4.69, 9.17) is 22.6 Å². The Morgan fingerprint density at radius 2 is 1.70 bits per heavy atom. The second kappa shape index (κ2) is 8.70. The number of hydrogen-bond donors (Lipinski definition) is 0. The van der Waals surface area contributed by atoms with Gasteiger partial charge in [-0.25, -0.2) is 0 Å². The maximum absolute atomic E-state index is 11.4. The maximum atomic E-state index is 11.4. The van der Waals surface area contributed by atoms with Gasteiger partial charge >= 0.3 is 0 Å². The zero-order valence-corrected chi connectivity index (χ0v) is 15.3. The minimum absolute atomic E-state index is 0.320. The van der Waals surface area contributed by atoms with Crippen molar-refractivity contribution < 1.29 is 39.4 Å². The first-order chi connectivity index (χ1) is 10.6. The van der Waals surface area contributed by atoms with Crippen molar-refractivity contribution in [2.24, 2.45) is 0 Å². The molecule has 23 heavy (non-hydrogen) atoms. The van der Waals surface area contributed by atoms with Crippen molar-refractivity contribution in [1.29, 1.82) is 0 Å². The minimum atomic E-state index is -3.78. The van der Waals surface area contributed by atoms with Crippen LogP contribution in [0, 0.1) is 0 Å². The summed E-state index contributed by atoms with van der Waals surface area (Å²) >= 11 is 0. The van der Waals surface area contributed by atoms with Crippen molar-refractivity contribution in [2.75, 3.05) is 32.8 Å². The molecule has 0 aliphatic carbocycles. The lowest BCUT2D eigenvalue weighted by molar-refractivity contribution is -0.146. The molecule has 0 radical (unpaired) electrons. The Morgan fingerprint density at radius 1 is 1.04 bits per heavy atom. The van der Waals surface area contributed by atoms with E-state index in [2.05, 4.69) is 0 Å². The number of methoxy groups -OCH3 is 1. The molecular weight excluding hydrogens is 352 g/mol. The molecule has 0 aromatic rings. The fourth-order valence-corrected chi connectivity index (χ4v) is 3.06. The highest BCUT2D eigenvalue weighted by molar-refractivity contribution is 7.86. The van der Waals surface area contributed by atoms with E-state index in [1.807, 2.05) is 6.92 Å². The van der Waals surface area contributed by atoms with E-state index in [1.165, 1.54) is 7.11 Å². The molecule has 0 bridgehead atoms. The van der Waals surface area contributed by atoms with Crippen LogP contribution in [0.25, 0.3) is 0 Å². The van der Waals surface area contributed by atoms with Crippen LogP contribution >= 0.6 is 0 Å². The first-order valence-electron chi connectivity index (χ1n) is 7.10. The molecule has 1 saturated heterocycles. The third kappa shape index (κ3) is 7.42. The average molecular weight is 376 g/mol. The van der Waals surface area contributed by atoms with Gasteiger partial charge in [-0.1, -0.05) is 13.3 Å². The van der Waals surface area contributed by atoms with Crippen LogP contribution < -0.4 is 0 Å². The third-order valence-electron chi connectivity index (χ3n) is 3.04. The second-order valence-electron chi connectivity index (χ2n) is 5.22. The maximum Gasteiger partial charge on any atom is 0.264 e. The summed E-state index contributed by atoms with van der Waals surface area (Å²) in [5.41, 5.74) is 0. The zero-order valence-electron chi connectivity index (χ0n) is 13.6. The summed E-state index contributed by atoms with van der Waals surface area (Å²) in [6.07, 6.45) is -0.273. The number of hydrogen-bond acceptors (Lipinski definition) is 9. The van der Waals surface area contributed by atoms with Gasteiger partial charge in [-0.3, -0.25) is 8.37 Å². The molecule has 0 aromatic heterocycles. The molecule has 11 heteroatoms. The summed E-state index contributed by atoms with van der Waals surface area (Å²) in [5, 5.41) is 0. The zero-order chi connectivity index (χ0) is 17.7. The molecule has 0 amide bonds. The van der Waals surface area contributed by atoms with Gasteiger partial charge in [0.1, 0.15) is 12.2 Å². The van der Waals surface area contributed by atoms with Gasteiger partial charge in [-0.2, -0.15) is 16.8 Å². The minimum Gasteiger partial charge on any atom is -0.372 e. The lowest BCUT2D eigenvalue weighted by atomic mass is 10.1. The molecule has 1 rings (SSSR count). The largest absolute Gasteiger partial charge is 0.372 e. The van der Waals surface area contributed by atoms with E-state index in [9.17, 15) is 16.8 Å². The van der Waals surface area contributed by atoms with Crippen molar-refractivity contribution in [3.05, 3.63) is 0 Å². The molecule has 4 atom stereocenters. The van der Waals surface area contributed by atoms with Crippen molar-refractivity contribution in [1.82, 2.24) is 0 Å². The topological polar surface area (TPSA) is 114 Å². The first-order valence-corrected chi connectivity index (χ1v) is 10.7. The molecule has 0 N–H and O–H groups in total. The third-order valence-corrected chi connectivity index (χ3v) is 4.18. The highest BCUT2D eigenvalue weighted by atomic mass is 32.2. The van der Waals surface area contributed by atoms with Crippen molar-refractivity contribution in [3.63, 3.8) is 0 Å². The summed E-state index contributed by atoms with van der Waals surface area (Å²) < 4.78 is 71.1. The van der Waals surface area contributed by atoms with E-state index in [0.717, 1.165) is 25.4 Å². The van der Waals surface area contributed by atoms with Gasteiger partial charge in [0.25, 0.3) is 20.2 Å². The van der Waals surface area contributed by atoms with Crippen LogP contribution in [0.4, 0.5) is 0 Å². The molecule has 1 aliphatic heterocycles. The molecule has 138 valence electrons. The average Bonchev–Trinajstić information content (AvgIpc) is 2.72. The Morgan fingerprint density at radius 3 is 2.17 bits per heavy atom. The van der Waals surface area contributed by atoms with Crippen LogP contribution in [0.3, 0.4) is 0 Å². The van der Waals surface area contributed by atoms with Gasteiger partial charge in [-0.15, -0.1) is 0 Å². The molecule has 0 unspecified atom stereocenters. The highest BCUT2D eigenvalue weighted by Gasteiger charge is 2.48. The fraction of sp³-hybridized carbons (Fsp3) is 1.00. The van der Waals surface area contributed by atoms with Crippen molar-refractivity contribution in [2.45, 2.75) is 44.4 Å². The van der Waals surface area contributed by atoms with Crippen LogP contribution in [0.1, 0.15) is 19.8 Å². The number of rotatable bonds is 10. The number of ether oxygens (including phenoxy) is 3. The van der Waals surface area contributed by atoms with Gasteiger partial charge in [0.05, 0.1) is 19.1 Å². The summed E-state index contributed by atoms with van der Waals surface area (Å²) in [6, 6.07) is 0. The Balaban J connectivity index is 2.89. The Hall–Kier alpha value is -0.300. The Kier molecular flexibility index (Phi) is 7.84. The second-order valence-corrected chi connectivity index (χ2v) is 8.47. The lowest BCUT2D eigenvalue weighted by Crippen LogP contribution is -2.41. The lowest BCUT2D eigenvalue weighted by Gasteiger charge is -2.23. The van der Waals surface area contributed by atoms with E-state index >= 15 is 0 Å². The van der Waals surface area contributed by atoms with Crippen molar-refractivity contribution in [3.8, 4) is 0 Å². The molecule has 1 heterocycles. The van der Waals surface area contributed by atoms with Crippen LogP contribution in [0.15, 0.2) is 0 Å². The van der Waals surface area contributed by atoms with Crippen molar-refractivity contribution >= 4 is 20.2 Å². The summed E-state index contributed by atoms with van der Waals surface area (Å²) in [4.78, 5) is 0. The van der Waals surface area contributed by atoms with Crippen LogP contribution in [-0.2, 0) is 42.8 Å². The van der Waals surface area contributed by atoms with Gasteiger partial charge in [0.15, 0.2) is 12.4 Å². The quantitative estimate of drug-likeness (QED) is 0.379. The molecule has 1 fully saturated rings.